The highest BCUT2D eigenvalue weighted by Gasteiger charge is 2.33. The molecule has 0 bridgehead atoms. The van der Waals surface area contributed by atoms with Gasteiger partial charge in [-0.1, -0.05) is 50.3 Å². The molecule has 20 heavy (non-hydrogen) atoms. The second-order valence-corrected chi connectivity index (χ2v) is 6.32. The predicted octanol–water partition coefficient (Wildman–Crippen LogP) is 4.68. The van der Waals surface area contributed by atoms with Gasteiger partial charge in [0.1, 0.15) is 11.9 Å². The third kappa shape index (κ3) is 3.89. The third-order valence-electron chi connectivity index (χ3n) is 4.53. The summed E-state index contributed by atoms with van der Waals surface area (Å²) in [6, 6.07) is 7.37. The molecule has 1 aliphatic carbocycles. The lowest BCUT2D eigenvalue weighted by atomic mass is 9.74. The second-order valence-electron chi connectivity index (χ2n) is 5.89. The van der Waals surface area contributed by atoms with E-state index in [1.165, 1.54) is 19.3 Å². The number of hydrogen-bond donors (Lipinski definition) is 1. The molecule has 4 unspecified atom stereocenters. The summed E-state index contributed by atoms with van der Waals surface area (Å²) in [4.78, 5) is 0. The number of halogens is 1. The summed E-state index contributed by atoms with van der Waals surface area (Å²) in [5.74, 6) is 1.72. The highest BCUT2D eigenvalue weighted by molar-refractivity contribution is 6.30. The molecule has 0 aromatic heterocycles. The van der Waals surface area contributed by atoms with Crippen LogP contribution >= 0.6 is 11.6 Å². The summed E-state index contributed by atoms with van der Waals surface area (Å²) >= 11 is 5.96. The fourth-order valence-electron chi connectivity index (χ4n) is 3.37. The molecule has 2 nitrogen and oxygen atoms in total. The maximum absolute atomic E-state index is 10.6. The van der Waals surface area contributed by atoms with Crippen molar-refractivity contribution in [3.63, 3.8) is 0 Å². The zero-order valence-corrected chi connectivity index (χ0v) is 13.1. The highest BCUT2D eigenvalue weighted by atomic mass is 35.5. The molecule has 1 saturated carbocycles. The van der Waals surface area contributed by atoms with Crippen molar-refractivity contribution in [3.05, 3.63) is 29.3 Å². The maximum atomic E-state index is 10.6. The molecular weight excluding hydrogens is 272 g/mol. The summed E-state index contributed by atoms with van der Waals surface area (Å²) in [5, 5.41) is 11.3. The van der Waals surface area contributed by atoms with Crippen LogP contribution in [0.2, 0.25) is 5.02 Å². The number of benzene rings is 1. The highest BCUT2D eigenvalue weighted by Crippen LogP contribution is 2.36. The summed E-state index contributed by atoms with van der Waals surface area (Å²) in [7, 11) is 0. The smallest absolute Gasteiger partial charge is 0.122 e. The molecule has 0 radical (unpaired) electrons. The van der Waals surface area contributed by atoms with Crippen LogP contribution in [-0.4, -0.2) is 17.3 Å². The fourth-order valence-corrected chi connectivity index (χ4v) is 3.55. The minimum atomic E-state index is -0.403. The Hall–Kier alpha value is -0.730. The molecule has 112 valence electrons. The minimum absolute atomic E-state index is 0.203. The van der Waals surface area contributed by atoms with E-state index in [9.17, 15) is 5.11 Å². The van der Waals surface area contributed by atoms with Crippen molar-refractivity contribution in [1.82, 2.24) is 0 Å². The topological polar surface area (TPSA) is 29.5 Å². The van der Waals surface area contributed by atoms with Crippen molar-refractivity contribution >= 4 is 11.6 Å². The van der Waals surface area contributed by atoms with Crippen molar-refractivity contribution in [1.29, 1.82) is 0 Å². The molecule has 0 aliphatic heterocycles. The van der Waals surface area contributed by atoms with Gasteiger partial charge in [0, 0.05) is 5.02 Å². The minimum Gasteiger partial charge on any atom is -0.488 e. The molecule has 1 fully saturated rings. The molecule has 0 amide bonds. The van der Waals surface area contributed by atoms with E-state index < -0.39 is 6.10 Å². The van der Waals surface area contributed by atoms with Crippen molar-refractivity contribution < 1.29 is 9.84 Å². The van der Waals surface area contributed by atoms with Crippen LogP contribution in [-0.2, 0) is 0 Å². The lowest BCUT2D eigenvalue weighted by Crippen LogP contribution is -2.40. The molecule has 2 rings (SSSR count). The van der Waals surface area contributed by atoms with E-state index in [-0.39, 0.29) is 6.10 Å². The average molecular weight is 297 g/mol. The van der Waals surface area contributed by atoms with E-state index in [2.05, 4.69) is 6.92 Å². The summed E-state index contributed by atoms with van der Waals surface area (Å²) < 4.78 is 5.87. The second kappa shape index (κ2) is 7.33. The first-order chi connectivity index (χ1) is 9.61. The van der Waals surface area contributed by atoms with Gasteiger partial charge in [0.05, 0.1) is 6.10 Å². The molecule has 4 atom stereocenters. The van der Waals surface area contributed by atoms with Gasteiger partial charge in [-0.3, -0.25) is 0 Å². The van der Waals surface area contributed by atoms with Crippen LogP contribution in [0.5, 0.6) is 5.75 Å². The van der Waals surface area contributed by atoms with Gasteiger partial charge in [-0.25, -0.2) is 0 Å². The quantitative estimate of drug-likeness (QED) is 0.854. The molecule has 3 heteroatoms. The first-order valence-electron chi connectivity index (χ1n) is 7.72. The van der Waals surface area contributed by atoms with Gasteiger partial charge in [0.15, 0.2) is 0 Å². The first-order valence-corrected chi connectivity index (χ1v) is 8.10. The molecular formula is C17H25ClO2. The number of ether oxygens (including phenoxy) is 1. The Kier molecular flexibility index (Phi) is 5.74. The summed E-state index contributed by atoms with van der Waals surface area (Å²) in [5.41, 5.74) is 0. The Labute approximate surface area is 127 Å². The maximum Gasteiger partial charge on any atom is 0.122 e. The van der Waals surface area contributed by atoms with Gasteiger partial charge < -0.3 is 9.84 Å². The number of aliphatic hydroxyl groups excluding tert-OH is 1. The Morgan fingerprint density at radius 1 is 1.35 bits per heavy atom. The third-order valence-corrected chi connectivity index (χ3v) is 4.77. The van der Waals surface area contributed by atoms with E-state index >= 15 is 0 Å². The molecule has 1 aromatic rings. The van der Waals surface area contributed by atoms with E-state index in [4.69, 9.17) is 16.3 Å². The number of hydrogen-bond acceptors (Lipinski definition) is 2. The van der Waals surface area contributed by atoms with Crippen LogP contribution in [0, 0.1) is 11.8 Å². The molecule has 1 aromatic carbocycles. The van der Waals surface area contributed by atoms with Crippen molar-refractivity contribution in [2.24, 2.45) is 11.8 Å². The van der Waals surface area contributed by atoms with Gasteiger partial charge in [0.25, 0.3) is 0 Å². The fraction of sp³-hybridized carbons (Fsp3) is 0.647. The van der Waals surface area contributed by atoms with Crippen molar-refractivity contribution in [2.75, 3.05) is 0 Å². The van der Waals surface area contributed by atoms with Crippen LogP contribution in [0.25, 0.3) is 0 Å². The SMILES string of the molecule is CCC1CCCCC1C(O)C(C)Oc1cccc(Cl)c1. The summed E-state index contributed by atoms with van der Waals surface area (Å²) in [6.45, 7) is 4.17. The molecule has 1 aliphatic rings. The van der Waals surface area contributed by atoms with E-state index in [0.29, 0.717) is 16.9 Å². The standard InChI is InChI=1S/C17H25ClO2/c1-3-13-7-4-5-10-16(13)17(19)12(2)20-15-9-6-8-14(18)11-15/h6,8-9,11-13,16-17,19H,3-5,7,10H2,1-2H3. The van der Waals surface area contributed by atoms with E-state index in [1.807, 2.05) is 25.1 Å². The Balaban J connectivity index is 1.98. The molecule has 0 heterocycles. The Morgan fingerprint density at radius 2 is 2.10 bits per heavy atom. The molecule has 0 saturated heterocycles. The van der Waals surface area contributed by atoms with Crippen molar-refractivity contribution in [3.8, 4) is 5.75 Å². The normalized spacial score (nSPS) is 26.0. The lowest BCUT2D eigenvalue weighted by molar-refractivity contribution is -0.0268. The predicted molar refractivity (Wildman–Crippen MR) is 83.3 cm³/mol. The van der Waals surface area contributed by atoms with Gasteiger partial charge in [0.2, 0.25) is 0 Å². The Morgan fingerprint density at radius 3 is 2.80 bits per heavy atom. The van der Waals surface area contributed by atoms with Gasteiger partial charge in [-0.05, 0) is 43.4 Å². The lowest BCUT2D eigenvalue weighted by Gasteiger charge is -2.36. The molecule has 1 N–H and O–H groups in total. The zero-order chi connectivity index (χ0) is 14.5. The van der Waals surface area contributed by atoms with Crippen LogP contribution in [0.1, 0.15) is 46.0 Å². The van der Waals surface area contributed by atoms with Crippen LogP contribution in [0.15, 0.2) is 24.3 Å². The first kappa shape index (κ1) is 15.7. The van der Waals surface area contributed by atoms with Gasteiger partial charge in [-0.15, -0.1) is 0 Å². The molecule has 0 spiro atoms. The number of rotatable bonds is 5. The van der Waals surface area contributed by atoms with E-state index in [1.54, 1.807) is 6.07 Å². The number of aliphatic hydroxyl groups is 1. The van der Waals surface area contributed by atoms with Crippen molar-refractivity contribution in [2.45, 2.75) is 58.2 Å². The van der Waals surface area contributed by atoms with Crippen LogP contribution in [0.3, 0.4) is 0 Å². The van der Waals surface area contributed by atoms with Gasteiger partial charge >= 0.3 is 0 Å². The average Bonchev–Trinajstić information content (AvgIpc) is 2.46. The van der Waals surface area contributed by atoms with Gasteiger partial charge in [-0.2, -0.15) is 0 Å². The largest absolute Gasteiger partial charge is 0.488 e. The monoisotopic (exact) mass is 296 g/mol. The van der Waals surface area contributed by atoms with Crippen LogP contribution in [0.4, 0.5) is 0 Å². The van der Waals surface area contributed by atoms with E-state index in [0.717, 1.165) is 18.6 Å². The Bertz CT molecular complexity index is 421. The zero-order valence-electron chi connectivity index (χ0n) is 12.4. The van der Waals surface area contributed by atoms with Crippen LogP contribution < -0.4 is 4.74 Å². The summed E-state index contributed by atoms with van der Waals surface area (Å²) in [6.07, 6.45) is 5.41.